The summed E-state index contributed by atoms with van der Waals surface area (Å²) in [6.45, 7) is 5.27. The summed E-state index contributed by atoms with van der Waals surface area (Å²) in [5, 5.41) is 24.9. The van der Waals surface area contributed by atoms with Crippen LogP contribution in [0.5, 0.6) is 11.5 Å². The second-order valence-corrected chi connectivity index (χ2v) is 14.9. The van der Waals surface area contributed by atoms with Crippen molar-refractivity contribution in [3.05, 3.63) is 107 Å². The number of carbonyl (C=O) groups is 5. The highest BCUT2D eigenvalue weighted by Gasteiger charge is 2.31. The number of alkyl halides is 3. The number of nitrogens with one attached hydrogen (secondary N) is 3. The highest BCUT2D eigenvalue weighted by atomic mass is 79.9. The highest BCUT2D eigenvalue weighted by Crippen LogP contribution is 2.38. The monoisotopic (exact) mass is 975 g/mol. The van der Waals surface area contributed by atoms with Gasteiger partial charge in [0.05, 0.1) is 31.0 Å². The zero-order valence-electron chi connectivity index (χ0n) is 30.9. The van der Waals surface area contributed by atoms with Crippen LogP contribution < -0.4 is 25.4 Å². The van der Waals surface area contributed by atoms with Gasteiger partial charge in [0.25, 0.3) is 0 Å². The van der Waals surface area contributed by atoms with Crippen molar-refractivity contribution in [2.45, 2.75) is 65.8 Å². The lowest BCUT2D eigenvalue weighted by Gasteiger charge is -2.15. The van der Waals surface area contributed by atoms with Crippen LogP contribution in [0.25, 0.3) is 0 Å². The molecule has 4 aromatic carbocycles. The van der Waals surface area contributed by atoms with Crippen LogP contribution in [0, 0.1) is 6.92 Å². The Kier molecular flexibility index (Phi) is 17.9. The van der Waals surface area contributed by atoms with Crippen molar-refractivity contribution in [2.75, 3.05) is 16.0 Å². The van der Waals surface area contributed by atoms with E-state index in [1.165, 1.54) is 18.2 Å². The number of hydrogen-bond acceptors (Lipinski definition) is 7. The zero-order valence-corrected chi connectivity index (χ0v) is 35.6. The van der Waals surface area contributed by atoms with Gasteiger partial charge in [-0.05, 0) is 116 Å². The number of halogens is 7. The van der Waals surface area contributed by atoms with Crippen LogP contribution in [-0.4, -0.2) is 39.9 Å². The third-order valence-corrected chi connectivity index (χ3v) is 9.18. The van der Waals surface area contributed by atoms with Gasteiger partial charge in [0, 0.05) is 29.9 Å². The van der Waals surface area contributed by atoms with Crippen LogP contribution in [0.2, 0.25) is 10.0 Å². The summed E-state index contributed by atoms with van der Waals surface area (Å²) >= 11 is 19.1. The van der Waals surface area contributed by atoms with Crippen molar-refractivity contribution in [1.29, 1.82) is 0 Å². The van der Waals surface area contributed by atoms with Crippen LogP contribution in [0.4, 0.5) is 30.2 Å². The molecule has 0 bridgehead atoms. The summed E-state index contributed by atoms with van der Waals surface area (Å²) in [4.78, 5) is 56.1. The van der Waals surface area contributed by atoms with E-state index in [2.05, 4.69) is 47.8 Å². The SMILES string of the molecule is CCC(=O)Nc1cc(C)cc(COc2c(Br)cc(CC(=O)O)cc2Br)c1.CCC(=O)Nc1cc(COc2c(Cl)cc(NC(=O)CC(=O)O)cc2Cl)cc(C(F)(F)F)c1. The minimum atomic E-state index is -4.65. The predicted octanol–water partition coefficient (Wildman–Crippen LogP) is 10.4. The Morgan fingerprint density at radius 1 is 0.638 bits per heavy atom. The fraction of sp³-hybridized carbons (Fsp3) is 0.256. The van der Waals surface area contributed by atoms with Gasteiger partial charge in [-0.15, -0.1) is 0 Å². The summed E-state index contributed by atoms with van der Waals surface area (Å²) in [5.41, 5.74) is 2.54. The lowest BCUT2D eigenvalue weighted by atomic mass is 10.1. The van der Waals surface area contributed by atoms with E-state index in [1.807, 2.05) is 25.1 Å². The number of aliphatic carboxylic acids is 2. The van der Waals surface area contributed by atoms with Crippen LogP contribution in [-0.2, 0) is 49.8 Å². The number of carboxylic acids is 2. The summed E-state index contributed by atoms with van der Waals surface area (Å²) in [7, 11) is 0. The zero-order chi connectivity index (χ0) is 43.3. The fourth-order valence-corrected chi connectivity index (χ4v) is 7.08. The molecule has 5 N–H and O–H groups in total. The first kappa shape index (κ1) is 47.5. The van der Waals surface area contributed by atoms with E-state index in [0.29, 0.717) is 33.3 Å². The maximum absolute atomic E-state index is 13.2. The van der Waals surface area contributed by atoms with Crippen molar-refractivity contribution in [3.8, 4) is 11.5 Å². The number of hydrogen-bond donors (Lipinski definition) is 5. The number of ether oxygens (including phenoxy) is 2. The van der Waals surface area contributed by atoms with Gasteiger partial charge in [-0.3, -0.25) is 24.0 Å². The number of anilines is 3. The van der Waals surface area contributed by atoms with E-state index in [-0.39, 0.29) is 58.1 Å². The first-order chi connectivity index (χ1) is 27.2. The molecule has 0 saturated carbocycles. The summed E-state index contributed by atoms with van der Waals surface area (Å²) < 4.78 is 52.4. The second-order valence-electron chi connectivity index (χ2n) is 12.4. The summed E-state index contributed by atoms with van der Waals surface area (Å²) in [6.07, 6.45) is -4.96. The smallest absolute Gasteiger partial charge is 0.416 e. The molecule has 0 saturated heterocycles. The van der Waals surface area contributed by atoms with E-state index in [4.69, 9.17) is 42.9 Å². The van der Waals surface area contributed by atoms with Crippen molar-refractivity contribution in [3.63, 3.8) is 0 Å². The average Bonchev–Trinajstić information content (AvgIpc) is 3.09. The molecule has 0 fully saturated rings. The molecule has 0 aromatic heterocycles. The third kappa shape index (κ3) is 15.5. The molecule has 0 heterocycles. The average molecular weight is 978 g/mol. The minimum absolute atomic E-state index is 0.0398. The Balaban J connectivity index is 0.000000317. The van der Waals surface area contributed by atoms with Crippen molar-refractivity contribution < 1.29 is 56.8 Å². The number of aryl methyl sites for hydroxylation is 1. The van der Waals surface area contributed by atoms with Gasteiger partial charge < -0.3 is 35.6 Å². The fourth-order valence-electron chi connectivity index (χ4n) is 4.98. The Labute approximate surface area is 357 Å². The number of rotatable bonds is 15. The minimum Gasteiger partial charge on any atom is -0.487 e. The van der Waals surface area contributed by atoms with Crippen molar-refractivity contribution >= 4 is 102 Å². The van der Waals surface area contributed by atoms with E-state index in [9.17, 15) is 37.1 Å². The maximum Gasteiger partial charge on any atom is 0.416 e. The number of benzene rings is 4. The van der Waals surface area contributed by atoms with Crippen molar-refractivity contribution in [2.24, 2.45) is 0 Å². The first-order valence-corrected chi connectivity index (χ1v) is 19.4. The Morgan fingerprint density at radius 3 is 1.59 bits per heavy atom. The number of amides is 3. The second kappa shape index (κ2) is 21.8. The molecule has 12 nitrogen and oxygen atoms in total. The topological polar surface area (TPSA) is 180 Å². The standard InChI is InChI=1S/C20H17Cl2F3N2O5.C19H19Br2NO4/c1-2-16(28)26-12-4-10(3-11(5-12)20(23,24)25)9-32-19-14(21)6-13(7-15(19)22)27-17(29)8-18(30)31;1-3-17(23)22-14-5-11(2)4-13(6-14)10-26-19-15(20)7-12(8-16(19)21)9-18(24)25/h3-7H,2,8-9H2,1H3,(H,26,28)(H,27,29)(H,30,31);4-8H,3,9-10H2,1-2H3,(H,22,23)(H,24,25). The molecule has 3 amide bonds. The molecule has 4 aromatic rings. The summed E-state index contributed by atoms with van der Waals surface area (Å²) in [6, 6.07) is 14.7. The van der Waals surface area contributed by atoms with Gasteiger partial charge in [-0.2, -0.15) is 13.2 Å². The molecule has 0 radical (unpaired) electrons. The molecule has 0 spiro atoms. The molecule has 58 heavy (non-hydrogen) atoms. The largest absolute Gasteiger partial charge is 0.487 e. The van der Waals surface area contributed by atoms with Crippen molar-refractivity contribution in [1.82, 2.24) is 0 Å². The molecule has 0 aliphatic heterocycles. The maximum atomic E-state index is 13.2. The van der Waals surface area contributed by atoms with E-state index < -0.39 is 41.9 Å². The molecular weight excluding hydrogens is 942 g/mol. The van der Waals surface area contributed by atoms with Crippen LogP contribution >= 0.6 is 55.1 Å². The van der Waals surface area contributed by atoms with Crippen LogP contribution in [0.15, 0.2) is 69.6 Å². The predicted molar refractivity (Wildman–Crippen MR) is 220 cm³/mol. The Hall–Kier alpha value is -4.84. The van der Waals surface area contributed by atoms with E-state index in [1.54, 1.807) is 26.0 Å². The Bertz CT molecular complexity index is 2140. The van der Waals surface area contributed by atoms with Crippen LogP contribution in [0.1, 0.15) is 60.9 Å². The first-order valence-electron chi connectivity index (χ1n) is 17.0. The van der Waals surface area contributed by atoms with Gasteiger partial charge in [0.2, 0.25) is 17.7 Å². The lowest BCUT2D eigenvalue weighted by molar-refractivity contribution is -0.140. The lowest BCUT2D eigenvalue weighted by Crippen LogP contribution is -2.16. The molecule has 310 valence electrons. The van der Waals surface area contributed by atoms with E-state index in [0.717, 1.165) is 28.9 Å². The normalized spacial score (nSPS) is 10.8. The van der Waals surface area contributed by atoms with Gasteiger partial charge in [-0.25, -0.2) is 0 Å². The molecule has 0 atom stereocenters. The van der Waals surface area contributed by atoms with Crippen LogP contribution in [0.3, 0.4) is 0 Å². The van der Waals surface area contributed by atoms with E-state index >= 15 is 0 Å². The quantitative estimate of drug-likeness (QED) is 0.0725. The number of carbonyl (C=O) groups excluding carboxylic acids is 3. The molecule has 19 heteroatoms. The van der Waals surface area contributed by atoms with Gasteiger partial charge >= 0.3 is 18.1 Å². The third-order valence-electron chi connectivity index (χ3n) is 7.44. The highest BCUT2D eigenvalue weighted by molar-refractivity contribution is 9.11. The molecular formula is C39H36Br2Cl2F3N3O9. The van der Waals surface area contributed by atoms with Gasteiger partial charge in [0.15, 0.2) is 5.75 Å². The summed E-state index contributed by atoms with van der Waals surface area (Å²) in [5.74, 6) is -2.97. The molecule has 4 rings (SSSR count). The molecule has 0 aliphatic rings. The molecule has 0 unspecified atom stereocenters. The Morgan fingerprint density at radius 2 is 1.10 bits per heavy atom. The van der Waals surface area contributed by atoms with Gasteiger partial charge in [0.1, 0.15) is 25.4 Å². The molecule has 0 aliphatic carbocycles. The van der Waals surface area contributed by atoms with Gasteiger partial charge in [-0.1, -0.05) is 43.1 Å². The number of carboxylic acid groups (broad SMARTS) is 2.